The molecule has 13 heteroatoms. The average molecular weight is 633 g/mol. The summed E-state index contributed by atoms with van der Waals surface area (Å²) >= 11 is 0.906. The van der Waals surface area contributed by atoms with Gasteiger partial charge in [-0.15, -0.1) is 11.3 Å². The van der Waals surface area contributed by atoms with E-state index in [0.717, 1.165) is 30.7 Å². The van der Waals surface area contributed by atoms with E-state index in [2.05, 4.69) is 31.0 Å². The molecule has 45 heavy (non-hydrogen) atoms. The summed E-state index contributed by atoms with van der Waals surface area (Å²) in [5.41, 5.74) is 5.60. The first-order valence-electron chi connectivity index (χ1n) is 15.0. The van der Waals surface area contributed by atoms with Gasteiger partial charge in [0.2, 0.25) is 5.69 Å². The molecule has 0 spiro atoms. The van der Waals surface area contributed by atoms with Crippen molar-refractivity contribution in [3.05, 3.63) is 46.8 Å². The van der Waals surface area contributed by atoms with Crippen LogP contribution in [0.4, 0.5) is 29.7 Å². The highest BCUT2D eigenvalue weighted by Crippen LogP contribution is 2.48. The maximum absolute atomic E-state index is 17.0. The molecule has 4 atom stereocenters. The molecule has 2 aromatic heterocycles. The number of benzene rings is 2. The number of piperazine rings is 1. The molecule has 7 rings (SSSR count). The number of ether oxygens (including phenoxy) is 1. The van der Waals surface area contributed by atoms with Crippen molar-refractivity contribution < 1.29 is 17.9 Å². The highest BCUT2D eigenvalue weighted by atomic mass is 32.1. The minimum atomic E-state index is -0.936. The van der Waals surface area contributed by atoms with Crippen LogP contribution < -0.4 is 20.7 Å². The lowest BCUT2D eigenvalue weighted by Crippen LogP contribution is -2.54. The molecular formula is C32H31F3N8OS. The van der Waals surface area contributed by atoms with Crippen molar-refractivity contribution in [1.29, 1.82) is 5.26 Å². The molecule has 0 amide bonds. The average Bonchev–Trinajstić information content (AvgIpc) is 3.67. The van der Waals surface area contributed by atoms with Crippen molar-refractivity contribution in [3.63, 3.8) is 0 Å². The number of halogens is 3. The molecule has 5 heterocycles. The molecule has 3 N–H and O–H groups in total. The second kappa shape index (κ2) is 11.0. The fourth-order valence-electron chi connectivity index (χ4n) is 7.28. The SMILES string of the molecule is [C-]#[N+]c1c(N)sc2c(F)ccc(-c3c(C#N)cc4c(N5C[C@@H](C)NC[C@@H]5C)nc(OC[C@@]56CCCN5C[C@H](F)C6)nc4c3F)c12. The Morgan fingerprint density at radius 2 is 2.11 bits per heavy atom. The highest BCUT2D eigenvalue weighted by Gasteiger charge is 2.49. The lowest BCUT2D eigenvalue weighted by Gasteiger charge is -2.39. The number of nitrogens with one attached hydrogen (secondary N) is 1. The number of anilines is 2. The number of nitrogens with zero attached hydrogens (tertiary/aromatic N) is 6. The van der Waals surface area contributed by atoms with Crippen LogP contribution in [-0.4, -0.2) is 71.4 Å². The number of nitrogen functional groups attached to an aromatic ring is 1. The molecule has 3 saturated heterocycles. The van der Waals surface area contributed by atoms with Gasteiger partial charge in [0.15, 0.2) is 5.82 Å². The first-order valence-corrected chi connectivity index (χ1v) is 15.8. The van der Waals surface area contributed by atoms with Crippen molar-refractivity contribution in [1.82, 2.24) is 20.2 Å². The number of aromatic nitrogens is 2. The predicted molar refractivity (Wildman–Crippen MR) is 168 cm³/mol. The lowest BCUT2D eigenvalue weighted by molar-refractivity contribution is 0.107. The van der Waals surface area contributed by atoms with Gasteiger partial charge in [0.25, 0.3) is 0 Å². The number of nitrogens with two attached hydrogens (primary N) is 1. The topological polar surface area (TPSA) is 108 Å². The van der Waals surface area contributed by atoms with E-state index in [-0.39, 0.29) is 67.7 Å². The Balaban J connectivity index is 1.44. The zero-order chi connectivity index (χ0) is 31.6. The third kappa shape index (κ3) is 4.73. The molecule has 4 aromatic rings. The summed E-state index contributed by atoms with van der Waals surface area (Å²) in [4.78, 5) is 17.0. The molecule has 9 nitrogen and oxygen atoms in total. The molecule has 2 aromatic carbocycles. The quantitative estimate of drug-likeness (QED) is 0.261. The van der Waals surface area contributed by atoms with Gasteiger partial charge in [-0.1, -0.05) is 6.07 Å². The van der Waals surface area contributed by atoms with Crippen LogP contribution in [0.15, 0.2) is 18.2 Å². The van der Waals surface area contributed by atoms with Crippen LogP contribution in [0.5, 0.6) is 6.01 Å². The van der Waals surface area contributed by atoms with Gasteiger partial charge in [-0.25, -0.2) is 18.0 Å². The number of hydrogen-bond donors (Lipinski definition) is 2. The molecule has 0 bridgehead atoms. The standard InChI is InChI=1S/C32H31F3N8OS/c1-16-13-43(17(2)12-39-16)30-21-9-18(11-36)23(20-5-6-22(34)28-24(20)27(38-3)29(37)45-28)25(35)26(21)40-31(41-30)44-15-32-7-4-8-42(32)14-19(33)10-32/h5-6,9,16-17,19,39H,4,7-8,10,12-15,37H2,1-2H3/t16-,17+,19-,32+/m1/s1. The molecule has 0 saturated carbocycles. The second-order valence-electron chi connectivity index (χ2n) is 12.4. The van der Waals surface area contributed by atoms with Crippen molar-refractivity contribution in [2.24, 2.45) is 0 Å². The van der Waals surface area contributed by atoms with Crippen LogP contribution in [0.3, 0.4) is 0 Å². The summed E-state index contributed by atoms with van der Waals surface area (Å²) in [6.45, 7) is 14.3. The summed E-state index contributed by atoms with van der Waals surface area (Å²) in [6.07, 6.45) is 1.15. The highest BCUT2D eigenvalue weighted by molar-refractivity contribution is 7.23. The summed E-state index contributed by atoms with van der Waals surface area (Å²) in [5.74, 6) is -0.975. The Kier molecular flexibility index (Phi) is 7.23. The van der Waals surface area contributed by atoms with Crippen LogP contribution in [0.25, 0.3) is 37.0 Å². The van der Waals surface area contributed by atoms with Crippen LogP contribution in [0.1, 0.15) is 38.7 Å². The van der Waals surface area contributed by atoms with E-state index in [1.165, 1.54) is 12.1 Å². The number of alkyl halides is 1. The van der Waals surface area contributed by atoms with Gasteiger partial charge in [0.05, 0.1) is 33.4 Å². The van der Waals surface area contributed by atoms with Gasteiger partial charge in [-0.3, -0.25) is 4.90 Å². The summed E-state index contributed by atoms with van der Waals surface area (Å²) in [5, 5.41) is 14.3. The number of rotatable bonds is 5. The Morgan fingerprint density at radius 3 is 2.89 bits per heavy atom. The van der Waals surface area contributed by atoms with Gasteiger partial charge in [-0.2, -0.15) is 15.2 Å². The van der Waals surface area contributed by atoms with E-state index in [1.54, 1.807) is 6.07 Å². The fourth-order valence-corrected chi connectivity index (χ4v) is 8.22. The first kappa shape index (κ1) is 29.5. The maximum atomic E-state index is 17.0. The minimum absolute atomic E-state index is 0.00650. The number of fused-ring (bicyclic) bond motifs is 3. The van der Waals surface area contributed by atoms with Crippen molar-refractivity contribution in [2.45, 2.75) is 56.9 Å². The molecule has 0 aliphatic carbocycles. The number of hydrogen-bond acceptors (Lipinski definition) is 9. The zero-order valence-corrected chi connectivity index (χ0v) is 25.6. The first-order chi connectivity index (χ1) is 21.6. The smallest absolute Gasteiger partial charge is 0.319 e. The van der Waals surface area contributed by atoms with Gasteiger partial charge in [0.1, 0.15) is 29.9 Å². The van der Waals surface area contributed by atoms with Gasteiger partial charge < -0.3 is 20.7 Å². The molecule has 3 aliphatic rings. The largest absolute Gasteiger partial charge is 0.461 e. The second-order valence-corrected chi connectivity index (χ2v) is 13.4. The lowest BCUT2D eigenvalue weighted by atomic mass is 9.94. The van der Waals surface area contributed by atoms with E-state index >= 15 is 4.39 Å². The molecular weight excluding hydrogens is 601 g/mol. The van der Waals surface area contributed by atoms with Gasteiger partial charge in [0, 0.05) is 54.5 Å². The number of thiophene rings is 1. The van der Waals surface area contributed by atoms with E-state index in [1.807, 2.05) is 13.8 Å². The van der Waals surface area contributed by atoms with Crippen molar-refractivity contribution in [2.75, 3.05) is 43.4 Å². The van der Waals surface area contributed by atoms with Crippen LogP contribution >= 0.6 is 11.3 Å². The molecule has 232 valence electrons. The van der Waals surface area contributed by atoms with Crippen molar-refractivity contribution in [3.8, 4) is 23.2 Å². The summed E-state index contributed by atoms with van der Waals surface area (Å²) in [7, 11) is 0. The minimum Gasteiger partial charge on any atom is -0.461 e. The Hall–Kier alpha value is -4.17. The van der Waals surface area contributed by atoms with E-state index in [9.17, 15) is 14.0 Å². The van der Waals surface area contributed by atoms with E-state index in [0.29, 0.717) is 37.3 Å². The van der Waals surface area contributed by atoms with E-state index in [4.69, 9.17) is 22.0 Å². The summed E-state index contributed by atoms with van der Waals surface area (Å²) < 4.78 is 52.7. The molecule has 0 unspecified atom stereocenters. The normalized spacial score (nSPS) is 25.0. The van der Waals surface area contributed by atoms with Crippen molar-refractivity contribution >= 4 is 48.8 Å². The molecule has 3 aliphatic heterocycles. The number of nitriles is 1. The zero-order valence-electron chi connectivity index (χ0n) is 24.8. The van der Waals surface area contributed by atoms with Gasteiger partial charge >= 0.3 is 6.01 Å². The third-order valence-electron chi connectivity index (χ3n) is 9.45. The monoisotopic (exact) mass is 632 g/mol. The Labute approximate surface area is 262 Å². The van der Waals surface area contributed by atoms with Gasteiger partial charge in [-0.05, 0) is 50.9 Å². The Morgan fingerprint density at radius 1 is 1.29 bits per heavy atom. The Bertz CT molecular complexity index is 1940. The van der Waals surface area contributed by atoms with Crippen LogP contribution in [0, 0.1) is 29.5 Å². The van der Waals surface area contributed by atoms with Crippen LogP contribution in [-0.2, 0) is 0 Å². The van der Waals surface area contributed by atoms with E-state index < -0.39 is 23.3 Å². The van der Waals surface area contributed by atoms with Crippen LogP contribution in [0.2, 0.25) is 0 Å². The predicted octanol–water partition coefficient (Wildman–Crippen LogP) is 5.94. The fraction of sp³-hybridized carbons (Fsp3) is 0.438. The summed E-state index contributed by atoms with van der Waals surface area (Å²) in [6, 6.07) is 6.27. The molecule has 0 radical (unpaired) electrons. The maximum Gasteiger partial charge on any atom is 0.319 e. The molecule has 3 fully saturated rings. The third-order valence-corrected chi connectivity index (χ3v) is 10.5.